The lowest BCUT2D eigenvalue weighted by molar-refractivity contribution is -0.130. The molecule has 1 N–H and O–H groups in total. The first-order chi connectivity index (χ1) is 16.8. The molecule has 0 bridgehead atoms. The second-order valence-electron chi connectivity index (χ2n) is 10.8. The summed E-state index contributed by atoms with van der Waals surface area (Å²) in [6.45, 7) is 5.30. The highest BCUT2D eigenvalue weighted by atomic mass is 32.2. The lowest BCUT2D eigenvalue weighted by Gasteiger charge is -2.42. The molecule has 1 aromatic rings. The van der Waals surface area contributed by atoms with Crippen LogP contribution in [0.3, 0.4) is 0 Å². The Kier molecular flexibility index (Phi) is 10.6. The summed E-state index contributed by atoms with van der Waals surface area (Å²) in [6, 6.07) is 6.46. The van der Waals surface area contributed by atoms with Gasteiger partial charge >= 0.3 is 0 Å². The van der Waals surface area contributed by atoms with Gasteiger partial charge in [0.05, 0.1) is 18.1 Å². The number of unbranched alkanes of at least 4 members (excludes halogenated alkanes) is 6. The van der Waals surface area contributed by atoms with Gasteiger partial charge in [-0.05, 0) is 80.0 Å². The van der Waals surface area contributed by atoms with Gasteiger partial charge in [-0.25, -0.2) is 0 Å². The van der Waals surface area contributed by atoms with Gasteiger partial charge in [0.25, 0.3) is 10.1 Å². The molecular weight excluding hydrogens is 464 g/mol. The number of fused-ring (bicyclic) bond motifs is 1. The lowest BCUT2D eigenvalue weighted by Crippen LogP contribution is -2.40. The van der Waals surface area contributed by atoms with Crippen molar-refractivity contribution in [2.75, 3.05) is 19.8 Å². The lowest BCUT2D eigenvalue weighted by atomic mass is 9.62. The number of Topliss-reactive ketones (excluding diaryl/α,β-unsaturated/α-hetero) is 1. The predicted molar refractivity (Wildman–Crippen MR) is 137 cm³/mol. The first-order valence-corrected chi connectivity index (χ1v) is 14.9. The minimum atomic E-state index is -3.84. The van der Waals surface area contributed by atoms with Crippen molar-refractivity contribution in [1.29, 1.82) is 0 Å². The summed E-state index contributed by atoms with van der Waals surface area (Å²) >= 11 is 0. The van der Waals surface area contributed by atoms with Crippen LogP contribution in [0.25, 0.3) is 0 Å². The molecule has 2 saturated carbocycles. The molecule has 0 heterocycles. The van der Waals surface area contributed by atoms with Crippen LogP contribution < -0.4 is 4.74 Å². The van der Waals surface area contributed by atoms with Crippen LogP contribution in [-0.2, 0) is 19.1 Å². The maximum Gasteiger partial charge on any atom is 0.296 e. The molecule has 2 fully saturated rings. The number of aliphatic hydroxyl groups is 1. The second-order valence-corrected chi connectivity index (χ2v) is 12.4. The summed E-state index contributed by atoms with van der Waals surface area (Å²) in [5, 5.41) is 8.78. The Bertz CT molecular complexity index is 897. The number of hydrogen-bond donors (Lipinski definition) is 1. The zero-order valence-corrected chi connectivity index (χ0v) is 22.4. The Labute approximate surface area is 211 Å². The average Bonchev–Trinajstić information content (AvgIpc) is 3.20. The molecule has 2 aliphatic rings. The van der Waals surface area contributed by atoms with Crippen molar-refractivity contribution in [3.8, 4) is 5.75 Å². The minimum absolute atomic E-state index is 0.0270. The van der Waals surface area contributed by atoms with Gasteiger partial charge in [-0.1, -0.05) is 46.0 Å². The number of rotatable bonds is 15. The first kappa shape index (κ1) is 28.1. The summed E-state index contributed by atoms with van der Waals surface area (Å²) in [7, 11) is -3.84. The van der Waals surface area contributed by atoms with E-state index in [0.717, 1.165) is 51.4 Å². The number of benzene rings is 1. The van der Waals surface area contributed by atoms with Gasteiger partial charge in [0, 0.05) is 18.9 Å². The van der Waals surface area contributed by atoms with E-state index in [1.54, 1.807) is 24.3 Å². The number of carbonyl (C=O) groups excluding carboxylic acids is 1. The molecule has 0 aliphatic heterocycles. The first-order valence-electron chi connectivity index (χ1n) is 13.5. The molecule has 0 unspecified atom stereocenters. The van der Waals surface area contributed by atoms with Crippen molar-refractivity contribution in [1.82, 2.24) is 0 Å². The Morgan fingerprint density at radius 2 is 1.69 bits per heavy atom. The largest absolute Gasteiger partial charge is 0.494 e. The zero-order valence-electron chi connectivity index (χ0n) is 21.5. The number of ether oxygens (including phenoxy) is 1. The van der Waals surface area contributed by atoms with E-state index < -0.39 is 10.1 Å². The number of hydrogen-bond acceptors (Lipinski definition) is 6. The molecule has 1 aromatic carbocycles. The van der Waals surface area contributed by atoms with Crippen LogP contribution in [0.1, 0.15) is 90.9 Å². The molecule has 4 atom stereocenters. The molecular formula is C28H44O6S. The van der Waals surface area contributed by atoms with Crippen molar-refractivity contribution >= 4 is 15.9 Å². The molecule has 0 radical (unpaired) electrons. The summed E-state index contributed by atoms with van der Waals surface area (Å²) in [6.07, 6.45) is 12.1. The Morgan fingerprint density at radius 1 is 1.03 bits per heavy atom. The number of carbonyl (C=O) groups is 1. The minimum Gasteiger partial charge on any atom is -0.494 e. The van der Waals surface area contributed by atoms with Crippen LogP contribution in [0, 0.1) is 23.2 Å². The molecule has 7 heteroatoms. The van der Waals surface area contributed by atoms with Crippen LogP contribution in [0.2, 0.25) is 0 Å². The van der Waals surface area contributed by atoms with Crippen LogP contribution in [0.4, 0.5) is 0 Å². The zero-order chi connectivity index (χ0) is 25.3. The van der Waals surface area contributed by atoms with Gasteiger partial charge in [-0.15, -0.1) is 0 Å². The molecule has 0 aromatic heterocycles. The van der Waals surface area contributed by atoms with Crippen molar-refractivity contribution < 1.29 is 27.2 Å². The van der Waals surface area contributed by atoms with Gasteiger partial charge in [0.1, 0.15) is 11.5 Å². The summed E-state index contributed by atoms with van der Waals surface area (Å²) in [5.74, 6) is 1.56. The van der Waals surface area contributed by atoms with E-state index in [4.69, 9.17) is 14.0 Å². The number of ketones is 1. The number of aliphatic hydroxyl groups excluding tert-OH is 1. The molecule has 2 aliphatic carbocycles. The van der Waals surface area contributed by atoms with Crippen LogP contribution in [0.15, 0.2) is 29.2 Å². The van der Waals surface area contributed by atoms with E-state index in [1.807, 2.05) is 0 Å². The summed E-state index contributed by atoms with van der Waals surface area (Å²) in [4.78, 5) is 12.5. The highest BCUT2D eigenvalue weighted by Crippen LogP contribution is 2.56. The van der Waals surface area contributed by atoms with E-state index in [9.17, 15) is 13.2 Å². The maximum absolute atomic E-state index is 12.8. The van der Waals surface area contributed by atoms with Crippen molar-refractivity contribution in [2.45, 2.75) is 95.8 Å². The van der Waals surface area contributed by atoms with Crippen molar-refractivity contribution in [3.63, 3.8) is 0 Å². The molecule has 0 amide bonds. The highest BCUT2D eigenvalue weighted by Gasteiger charge is 2.52. The highest BCUT2D eigenvalue weighted by molar-refractivity contribution is 7.86. The fourth-order valence-corrected chi connectivity index (χ4v) is 7.28. The fourth-order valence-electron chi connectivity index (χ4n) is 6.28. The molecule has 3 rings (SSSR count). The SMILES string of the molecule is C[C@@H](COS(=O)(=O)c1ccc(OCCCCCCCCCO)cc1)[C@H]1CC[C@H]2C(=O)CCC[C@]12C. The van der Waals surface area contributed by atoms with Crippen molar-refractivity contribution in [2.24, 2.45) is 23.2 Å². The van der Waals surface area contributed by atoms with Crippen LogP contribution in [-0.4, -0.2) is 39.1 Å². The Morgan fingerprint density at radius 3 is 2.37 bits per heavy atom. The van der Waals surface area contributed by atoms with Gasteiger partial charge in [0.15, 0.2) is 0 Å². The van der Waals surface area contributed by atoms with Gasteiger partial charge in [0.2, 0.25) is 0 Å². The third-order valence-electron chi connectivity index (χ3n) is 8.29. The molecule has 0 spiro atoms. The Hall–Kier alpha value is -1.44. The van der Waals surface area contributed by atoms with E-state index in [2.05, 4.69) is 13.8 Å². The van der Waals surface area contributed by atoms with Crippen LogP contribution >= 0.6 is 0 Å². The predicted octanol–water partition coefficient (Wildman–Crippen LogP) is 5.92. The maximum atomic E-state index is 12.8. The summed E-state index contributed by atoms with van der Waals surface area (Å²) in [5.41, 5.74) is -0.0270. The van der Waals surface area contributed by atoms with E-state index >= 15 is 0 Å². The summed E-state index contributed by atoms with van der Waals surface area (Å²) < 4.78 is 36.8. The van der Waals surface area contributed by atoms with Gasteiger partial charge in [-0.2, -0.15) is 8.42 Å². The second kappa shape index (κ2) is 13.2. The van der Waals surface area contributed by atoms with Crippen molar-refractivity contribution in [3.05, 3.63) is 24.3 Å². The molecule has 6 nitrogen and oxygen atoms in total. The third kappa shape index (κ3) is 7.53. The smallest absolute Gasteiger partial charge is 0.296 e. The molecule has 198 valence electrons. The Balaban J connectivity index is 1.41. The standard InChI is InChI=1S/C28H44O6S/c1-22(25-16-17-26-27(30)11-10-18-28(25,26)2)21-34-35(31,32)24-14-12-23(13-15-24)33-20-9-7-5-3-4-6-8-19-29/h12-15,22,25-26,29H,3-11,16-21H2,1-2H3/t22-,25+,26-,28+/m0/s1. The normalized spacial score (nSPS) is 25.4. The topological polar surface area (TPSA) is 89.9 Å². The van der Waals surface area contributed by atoms with Crippen LogP contribution in [0.5, 0.6) is 5.75 Å². The van der Waals surface area contributed by atoms with E-state index in [0.29, 0.717) is 30.5 Å². The fraction of sp³-hybridized carbons (Fsp3) is 0.750. The van der Waals surface area contributed by atoms with E-state index in [-0.39, 0.29) is 35.4 Å². The molecule has 0 saturated heterocycles. The van der Waals surface area contributed by atoms with Gasteiger partial charge in [-0.3, -0.25) is 8.98 Å². The molecule has 35 heavy (non-hydrogen) atoms. The quantitative estimate of drug-likeness (QED) is 0.234. The average molecular weight is 509 g/mol. The van der Waals surface area contributed by atoms with Gasteiger partial charge < -0.3 is 9.84 Å². The monoisotopic (exact) mass is 508 g/mol. The third-order valence-corrected chi connectivity index (χ3v) is 9.59. The van der Waals surface area contributed by atoms with E-state index in [1.165, 1.54) is 19.3 Å².